The number of hydrogen-bond donors (Lipinski definition) is 3. The molecular weight excluding hydrogens is 388 g/mol. The van der Waals surface area contributed by atoms with Crippen molar-refractivity contribution < 1.29 is 24.1 Å². The number of ether oxygens (including phenoxy) is 1. The number of rotatable bonds is 10. The van der Waals surface area contributed by atoms with E-state index < -0.39 is 4.92 Å². The van der Waals surface area contributed by atoms with Crippen molar-refractivity contribution in [1.82, 2.24) is 0 Å². The van der Waals surface area contributed by atoms with Gasteiger partial charge in [-0.3, -0.25) is 19.7 Å². The summed E-state index contributed by atoms with van der Waals surface area (Å²) in [5.74, 6) is 0.0104. The molecule has 0 saturated heterocycles. The van der Waals surface area contributed by atoms with E-state index in [9.17, 15) is 19.7 Å². The van der Waals surface area contributed by atoms with E-state index in [1.807, 2.05) is 13.0 Å². The number of aryl methyl sites for hydroxylation is 1. The number of nitro benzene ring substituents is 1. The minimum absolute atomic E-state index is 0.0648. The Morgan fingerprint density at radius 2 is 1.70 bits per heavy atom. The van der Waals surface area contributed by atoms with Crippen LogP contribution in [0.25, 0.3) is 0 Å². The highest BCUT2D eigenvalue weighted by Crippen LogP contribution is 2.23. The molecule has 0 saturated carbocycles. The van der Waals surface area contributed by atoms with Crippen molar-refractivity contribution in [3.63, 3.8) is 0 Å². The van der Waals surface area contributed by atoms with E-state index in [0.29, 0.717) is 23.7 Å². The number of methoxy groups -OCH3 is 1. The zero-order valence-electron chi connectivity index (χ0n) is 17.4. The van der Waals surface area contributed by atoms with E-state index in [1.54, 1.807) is 31.2 Å². The van der Waals surface area contributed by atoms with Crippen LogP contribution in [0.5, 0.6) is 5.75 Å². The van der Waals surface area contributed by atoms with Gasteiger partial charge in [0.2, 0.25) is 0 Å². The van der Waals surface area contributed by atoms with E-state index in [0.717, 1.165) is 16.9 Å². The van der Waals surface area contributed by atoms with Crippen LogP contribution in [0.2, 0.25) is 0 Å². The predicted molar refractivity (Wildman–Crippen MR) is 114 cm³/mol. The third-order valence-corrected chi connectivity index (χ3v) is 4.51. The number of anilines is 2. The molecule has 160 valence electrons. The third-order valence-electron chi connectivity index (χ3n) is 4.51. The number of nitrogens with one attached hydrogen (secondary N) is 3. The van der Waals surface area contributed by atoms with Crippen molar-refractivity contribution in [2.75, 3.05) is 37.4 Å². The van der Waals surface area contributed by atoms with E-state index in [1.165, 1.54) is 19.2 Å². The standard InChI is InChI=1S/C21H26N4O5/c1-4-11-24(13-20(26)22-17-7-5-6-8-19(17)30-3)14-21(27)23-18-12-16(25(28)29)10-9-15(18)2/h5-10,12H,4,11,13-14H2,1-3H3,(H,22,26)(H,23,27)/p+1. The fraction of sp³-hybridized carbons (Fsp3) is 0.333. The van der Waals surface area contributed by atoms with Gasteiger partial charge in [0.25, 0.3) is 17.5 Å². The van der Waals surface area contributed by atoms with E-state index in [4.69, 9.17) is 4.74 Å². The summed E-state index contributed by atoms with van der Waals surface area (Å²) in [6.07, 6.45) is 0.792. The number of para-hydroxylation sites is 2. The lowest BCUT2D eigenvalue weighted by molar-refractivity contribution is -0.883. The highest BCUT2D eigenvalue weighted by molar-refractivity contribution is 5.94. The van der Waals surface area contributed by atoms with Crippen molar-refractivity contribution in [2.24, 2.45) is 0 Å². The van der Waals surface area contributed by atoms with Crippen molar-refractivity contribution in [3.05, 3.63) is 58.1 Å². The highest BCUT2D eigenvalue weighted by atomic mass is 16.6. The smallest absolute Gasteiger partial charge is 0.279 e. The van der Waals surface area contributed by atoms with E-state index in [2.05, 4.69) is 10.6 Å². The van der Waals surface area contributed by atoms with Gasteiger partial charge >= 0.3 is 0 Å². The Kier molecular flexibility index (Phi) is 8.30. The molecule has 0 radical (unpaired) electrons. The summed E-state index contributed by atoms with van der Waals surface area (Å²) in [7, 11) is 1.53. The lowest BCUT2D eigenvalue weighted by Gasteiger charge is -2.19. The zero-order valence-corrected chi connectivity index (χ0v) is 17.4. The van der Waals surface area contributed by atoms with Crippen LogP contribution < -0.4 is 20.3 Å². The molecular formula is C21H27N4O5+. The van der Waals surface area contributed by atoms with E-state index >= 15 is 0 Å². The lowest BCUT2D eigenvalue weighted by atomic mass is 10.2. The topological polar surface area (TPSA) is 115 Å². The Morgan fingerprint density at radius 1 is 1.07 bits per heavy atom. The first kappa shape index (κ1) is 22.8. The van der Waals surface area contributed by atoms with Crippen LogP contribution in [0.1, 0.15) is 18.9 Å². The zero-order chi connectivity index (χ0) is 22.1. The van der Waals surface area contributed by atoms with Gasteiger partial charge in [-0.2, -0.15) is 0 Å². The molecule has 0 fully saturated rings. The number of nitro groups is 1. The molecule has 0 bridgehead atoms. The Hall–Kier alpha value is -3.46. The van der Waals surface area contributed by atoms with Gasteiger partial charge in [0, 0.05) is 12.1 Å². The van der Waals surface area contributed by atoms with Gasteiger partial charge in [-0.15, -0.1) is 0 Å². The van der Waals surface area contributed by atoms with Crippen molar-refractivity contribution in [1.29, 1.82) is 0 Å². The number of benzene rings is 2. The Labute approximate surface area is 175 Å². The highest BCUT2D eigenvalue weighted by Gasteiger charge is 2.20. The average Bonchev–Trinajstić information content (AvgIpc) is 2.70. The van der Waals surface area contributed by atoms with Gasteiger partial charge in [-0.25, -0.2) is 0 Å². The molecule has 0 spiro atoms. The number of carbonyl (C=O) groups excluding carboxylic acids is 2. The SMILES string of the molecule is CCC[NH+](CC(=O)Nc1cc([N+](=O)[O-])ccc1C)CC(=O)Nc1ccccc1OC. The second-order valence-corrected chi connectivity index (χ2v) is 6.91. The van der Waals surface area contributed by atoms with Crippen LogP contribution in [-0.2, 0) is 9.59 Å². The molecule has 1 atom stereocenters. The minimum Gasteiger partial charge on any atom is -0.495 e. The second kappa shape index (κ2) is 10.9. The van der Waals surface area contributed by atoms with Crippen molar-refractivity contribution >= 4 is 28.9 Å². The summed E-state index contributed by atoms with van der Waals surface area (Å²) in [5, 5.41) is 16.5. The Balaban J connectivity index is 2.01. The van der Waals surface area contributed by atoms with Crippen LogP contribution in [-0.4, -0.2) is 43.5 Å². The number of carbonyl (C=O) groups is 2. The lowest BCUT2D eigenvalue weighted by Crippen LogP contribution is -3.14. The van der Waals surface area contributed by atoms with Gasteiger partial charge in [-0.1, -0.05) is 25.1 Å². The predicted octanol–water partition coefficient (Wildman–Crippen LogP) is 1.78. The largest absolute Gasteiger partial charge is 0.495 e. The molecule has 0 aromatic heterocycles. The molecule has 2 amide bonds. The number of hydrogen-bond acceptors (Lipinski definition) is 5. The second-order valence-electron chi connectivity index (χ2n) is 6.91. The minimum atomic E-state index is -0.508. The third kappa shape index (κ3) is 6.56. The van der Waals surface area contributed by atoms with Gasteiger partial charge in [0.1, 0.15) is 5.75 Å². The van der Waals surface area contributed by atoms with Crippen LogP contribution in [0.4, 0.5) is 17.1 Å². The molecule has 1 unspecified atom stereocenters. The van der Waals surface area contributed by atoms with Gasteiger partial charge < -0.3 is 20.3 Å². The summed E-state index contributed by atoms with van der Waals surface area (Å²) in [4.78, 5) is 36.2. The molecule has 0 aliphatic carbocycles. The first-order valence-electron chi connectivity index (χ1n) is 9.65. The summed E-state index contributed by atoms with van der Waals surface area (Å²) in [6, 6.07) is 11.4. The first-order valence-corrected chi connectivity index (χ1v) is 9.65. The number of amides is 2. The van der Waals surface area contributed by atoms with Crippen LogP contribution >= 0.6 is 0 Å². The maximum Gasteiger partial charge on any atom is 0.279 e. The van der Waals surface area contributed by atoms with Gasteiger partial charge in [-0.05, 0) is 31.0 Å². The summed E-state index contributed by atoms with van der Waals surface area (Å²) < 4.78 is 5.23. The maximum atomic E-state index is 12.5. The first-order chi connectivity index (χ1) is 14.3. The molecule has 0 heterocycles. The Bertz CT molecular complexity index is 916. The fourth-order valence-electron chi connectivity index (χ4n) is 3.04. The van der Waals surface area contributed by atoms with Crippen molar-refractivity contribution in [3.8, 4) is 5.75 Å². The quantitative estimate of drug-likeness (QED) is 0.404. The number of non-ortho nitro benzene ring substituents is 1. The molecule has 9 heteroatoms. The molecule has 2 aromatic rings. The fourth-order valence-corrected chi connectivity index (χ4v) is 3.04. The number of quaternary nitrogens is 1. The Morgan fingerprint density at radius 3 is 2.30 bits per heavy atom. The normalized spacial score (nSPS) is 11.4. The van der Waals surface area contributed by atoms with E-state index in [-0.39, 0.29) is 30.6 Å². The van der Waals surface area contributed by atoms with Crippen LogP contribution in [0.3, 0.4) is 0 Å². The molecule has 2 rings (SSSR count). The maximum absolute atomic E-state index is 12.5. The monoisotopic (exact) mass is 415 g/mol. The number of nitrogens with zero attached hydrogens (tertiary/aromatic N) is 1. The summed E-state index contributed by atoms with van der Waals surface area (Å²) >= 11 is 0. The molecule has 0 aliphatic heterocycles. The molecule has 3 N–H and O–H groups in total. The van der Waals surface area contributed by atoms with Gasteiger partial charge in [0.15, 0.2) is 13.1 Å². The summed E-state index contributed by atoms with van der Waals surface area (Å²) in [5.41, 5.74) is 1.59. The summed E-state index contributed by atoms with van der Waals surface area (Å²) in [6.45, 7) is 4.53. The van der Waals surface area contributed by atoms with Crippen LogP contribution in [0, 0.1) is 17.0 Å². The molecule has 30 heavy (non-hydrogen) atoms. The van der Waals surface area contributed by atoms with Crippen LogP contribution in [0.15, 0.2) is 42.5 Å². The van der Waals surface area contributed by atoms with Gasteiger partial charge in [0.05, 0.1) is 30.0 Å². The molecule has 0 aliphatic rings. The average molecular weight is 415 g/mol. The van der Waals surface area contributed by atoms with Crippen molar-refractivity contribution in [2.45, 2.75) is 20.3 Å². The molecule has 9 nitrogen and oxygen atoms in total. The molecule has 2 aromatic carbocycles.